The fourth-order valence-corrected chi connectivity index (χ4v) is 3.99. The third-order valence-corrected chi connectivity index (χ3v) is 6.11. The molecule has 3 rings (SSSR count). The molecule has 2 N–H and O–H groups in total. The number of alkyl halides is 3. The summed E-state index contributed by atoms with van der Waals surface area (Å²) in [5, 5.41) is 6.28. The topological polar surface area (TPSA) is 41.1 Å². The third-order valence-electron chi connectivity index (χ3n) is 5.49. The van der Waals surface area contributed by atoms with Crippen LogP contribution >= 0.6 is 22.6 Å². The number of halogens is 3. The van der Waals surface area contributed by atoms with Crippen LogP contribution in [0.1, 0.15) is 46.3 Å². The number of rotatable bonds is 9. The molecule has 0 saturated heterocycles. The summed E-state index contributed by atoms with van der Waals surface area (Å²) in [7, 11) is 1.63. The molecule has 0 radical (unpaired) electrons. The quantitative estimate of drug-likeness (QED) is 0.246. The second-order valence-electron chi connectivity index (χ2n) is 7.82. The summed E-state index contributed by atoms with van der Waals surface area (Å²) in [4.78, 5) is 12.7. The maximum atomic E-state index is 13.5. The molecule has 0 bridgehead atoms. The molecule has 0 aliphatic heterocycles. The highest BCUT2D eigenvalue weighted by Gasteiger charge is 2.27. The fraction of sp³-hybridized carbons (Fsp3) is 0.269. The van der Waals surface area contributed by atoms with Gasteiger partial charge in [0.05, 0.1) is 0 Å². The minimum atomic E-state index is -2.88. The molecule has 6 heteroatoms. The summed E-state index contributed by atoms with van der Waals surface area (Å²) in [6.45, 7) is 2.04. The van der Waals surface area contributed by atoms with Crippen LogP contribution in [0.15, 0.2) is 78.9 Å². The number of nitrogens with one attached hydrogen (secondary N) is 2. The molecule has 1 amide bonds. The lowest BCUT2D eigenvalue weighted by atomic mass is 9.95. The van der Waals surface area contributed by atoms with Crippen LogP contribution < -0.4 is 10.6 Å². The summed E-state index contributed by atoms with van der Waals surface area (Å²) in [5.74, 6) is -0.109. The average Bonchev–Trinajstić information content (AvgIpc) is 2.80. The van der Waals surface area contributed by atoms with E-state index in [1.807, 2.05) is 37.3 Å². The van der Waals surface area contributed by atoms with E-state index in [9.17, 15) is 13.6 Å². The minimum absolute atomic E-state index is 0.00109. The van der Waals surface area contributed by atoms with Crippen LogP contribution in [-0.2, 0) is 15.1 Å². The molecular formula is C26H27F2IN2O. The van der Waals surface area contributed by atoms with Gasteiger partial charge in [0.25, 0.3) is 0 Å². The highest BCUT2D eigenvalue weighted by atomic mass is 127. The molecule has 3 aromatic carbocycles. The van der Waals surface area contributed by atoms with Gasteiger partial charge in [-0.3, -0.25) is 10.1 Å². The van der Waals surface area contributed by atoms with Crippen molar-refractivity contribution in [1.29, 1.82) is 0 Å². The van der Waals surface area contributed by atoms with E-state index in [-0.39, 0.29) is 17.5 Å². The molecule has 3 aromatic rings. The van der Waals surface area contributed by atoms with Crippen molar-refractivity contribution in [2.45, 2.75) is 35.8 Å². The van der Waals surface area contributed by atoms with Gasteiger partial charge in [0.2, 0.25) is 5.91 Å². The minimum Gasteiger partial charge on any atom is -0.358 e. The molecule has 0 aliphatic carbocycles. The van der Waals surface area contributed by atoms with Crippen molar-refractivity contribution >= 4 is 28.5 Å². The molecule has 0 saturated carbocycles. The number of aryl methyl sites for hydroxylation is 2. The van der Waals surface area contributed by atoms with Gasteiger partial charge in [-0.15, -0.1) is 0 Å². The first kappa shape index (κ1) is 24.3. The molecule has 0 spiro atoms. The van der Waals surface area contributed by atoms with E-state index >= 15 is 0 Å². The van der Waals surface area contributed by atoms with Crippen molar-refractivity contribution < 1.29 is 13.6 Å². The maximum absolute atomic E-state index is 13.5. The van der Waals surface area contributed by atoms with Crippen molar-refractivity contribution in [2.75, 3.05) is 7.05 Å². The van der Waals surface area contributed by atoms with Crippen LogP contribution in [0, 0.1) is 6.92 Å². The molecule has 168 valence electrons. The Kier molecular flexibility index (Phi) is 8.37. The summed E-state index contributed by atoms with van der Waals surface area (Å²) in [6.07, 6.45) is 1.40. The monoisotopic (exact) mass is 548 g/mol. The molecule has 0 fully saturated rings. The smallest absolute Gasteiger partial charge is 0.321 e. The second-order valence-corrected chi connectivity index (χ2v) is 9.18. The van der Waals surface area contributed by atoms with E-state index in [4.69, 9.17) is 0 Å². The largest absolute Gasteiger partial charge is 0.358 e. The molecule has 0 aliphatic rings. The Hall–Kier alpha value is -2.32. The zero-order valence-corrected chi connectivity index (χ0v) is 20.3. The van der Waals surface area contributed by atoms with Gasteiger partial charge in [-0.1, -0.05) is 84.4 Å². The summed E-state index contributed by atoms with van der Waals surface area (Å²) in [6, 6.07) is 23.7. The average molecular weight is 548 g/mol. The number of carbonyl (C=O) groups is 1. The van der Waals surface area contributed by atoms with E-state index in [1.54, 1.807) is 19.2 Å². The van der Waals surface area contributed by atoms with Crippen molar-refractivity contribution in [3.8, 4) is 0 Å². The van der Waals surface area contributed by atoms with Gasteiger partial charge in [-0.05, 0) is 36.5 Å². The molecular weight excluding hydrogens is 521 g/mol. The fourth-order valence-electron chi connectivity index (χ4n) is 3.63. The number of carbonyl (C=O) groups excluding carboxylic acids is 1. The SMILES string of the molecule is CNC(=O)[C@@H](N[C@@H](CCc1ccc(C(F)(F)I)cc1)c1ccc(C)cc1)c1ccccc1. The van der Waals surface area contributed by atoms with Gasteiger partial charge < -0.3 is 5.32 Å². The van der Waals surface area contributed by atoms with Gasteiger partial charge in [-0.2, -0.15) is 8.78 Å². The van der Waals surface area contributed by atoms with Crippen LogP contribution in [0.4, 0.5) is 8.78 Å². The third kappa shape index (κ3) is 6.59. The maximum Gasteiger partial charge on any atom is 0.321 e. The highest BCUT2D eigenvalue weighted by Crippen LogP contribution is 2.35. The lowest BCUT2D eigenvalue weighted by Gasteiger charge is -2.26. The Morgan fingerprint density at radius 1 is 0.938 bits per heavy atom. The molecule has 0 heterocycles. The molecule has 32 heavy (non-hydrogen) atoms. The van der Waals surface area contributed by atoms with Crippen LogP contribution in [0.5, 0.6) is 0 Å². The van der Waals surface area contributed by atoms with Crippen molar-refractivity contribution in [3.63, 3.8) is 0 Å². The summed E-state index contributed by atoms with van der Waals surface area (Å²) >= 11 is 1.14. The van der Waals surface area contributed by atoms with Crippen LogP contribution in [-0.4, -0.2) is 13.0 Å². The lowest BCUT2D eigenvalue weighted by Crippen LogP contribution is -2.38. The van der Waals surface area contributed by atoms with Crippen LogP contribution in [0.2, 0.25) is 0 Å². The van der Waals surface area contributed by atoms with Crippen molar-refractivity contribution in [3.05, 3.63) is 107 Å². The number of hydrogen-bond donors (Lipinski definition) is 2. The molecule has 0 aromatic heterocycles. The Bertz CT molecular complexity index is 1000. The van der Waals surface area contributed by atoms with E-state index in [0.717, 1.165) is 44.8 Å². The van der Waals surface area contributed by atoms with Gasteiger partial charge in [-0.25, -0.2) is 0 Å². The Balaban J connectivity index is 1.83. The van der Waals surface area contributed by atoms with E-state index in [1.165, 1.54) is 12.1 Å². The van der Waals surface area contributed by atoms with Crippen molar-refractivity contribution in [2.24, 2.45) is 0 Å². The second kappa shape index (κ2) is 11.0. The normalized spacial score (nSPS) is 13.4. The molecule has 0 unspecified atom stereocenters. The first-order valence-corrected chi connectivity index (χ1v) is 11.6. The standard InChI is InChI=1S/C26H27F2IN2O/c1-18-8-13-20(14-9-18)23(17-12-19-10-15-22(16-11-19)26(27,28)29)31-24(25(32)30-2)21-6-4-3-5-7-21/h3-11,13-16,23-24,31H,12,17H2,1-2H3,(H,30,32)/t23-,24-/m0/s1. The first-order chi connectivity index (χ1) is 15.3. The Labute approximate surface area is 201 Å². The van der Waals surface area contributed by atoms with Gasteiger partial charge in [0, 0.05) is 41.2 Å². The summed E-state index contributed by atoms with van der Waals surface area (Å²) in [5.41, 5.74) is 4.10. The predicted molar refractivity (Wildman–Crippen MR) is 133 cm³/mol. The van der Waals surface area contributed by atoms with Crippen molar-refractivity contribution in [1.82, 2.24) is 10.6 Å². The lowest BCUT2D eigenvalue weighted by molar-refractivity contribution is -0.123. The highest BCUT2D eigenvalue weighted by molar-refractivity contribution is 14.1. The number of amides is 1. The van der Waals surface area contributed by atoms with Gasteiger partial charge >= 0.3 is 3.93 Å². The molecule has 2 atom stereocenters. The zero-order chi connectivity index (χ0) is 23.1. The number of hydrogen-bond acceptors (Lipinski definition) is 2. The molecule has 3 nitrogen and oxygen atoms in total. The number of likely N-dealkylation sites (N-methyl/N-ethyl adjacent to an activating group) is 1. The van der Waals surface area contributed by atoms with E-state index in [0.29, 0.717) is 12.8 Å². The summed E-state index contributed by atoms with van der Waals surface area (Å²) < 4.78 is 24.1. The van der Waals surface area contributed by atoms with Gasteiger partial charge in [0.15, 0.2) is 0 Å². The first-order valence-electron chi connectivity index (χ1n) is 10.5. The Morgan fingerprint density at radius 2 is 1.56 bits per heavy atom. The van der Waals surface area contributed by atoms with Gasteiger partial charge in [0.1, 0.15) is 6.04 Å². The predicted octanol–water partition coefficient (Wildman–Crippen LogP) is 6.23. The van der Waals surface area contributed by atoms with Crippen LogP contribution in [0.25, 0.3) is 0 Å². The Morgan fingerprint density at radius 3 is 2.12 bits per heavy atom. The van der Waals surface area contributed by atoms with Crippen LogP contribution in [0.3, 0.4) is 0 Å². The van der Waals surface area contributed by atoms with E-state index in [2.05, 4.69) is 34.9 Å². The van der Waals surface area contributed by atoms with E-state index < -0.39 is 9.97 Å². The number of benzene rings is 3. The zero-order valence-electron chi connectivity index (χ0n) is 18.1.